The van der Waals surface area contributed by atoms with Crippen molar-refractivity contribution in [3.05, 3.63) is 70.2 Å². The number of carbonyl (C=O) groups excluding carboxylic acids is 2. The molecule has 1 unspecified atom stereocenters. The number of carbonyl (C=O) groups is 2. The molecule has 28 heavy (non-hydrogen) atoms. The van der Waals surface area contributed by atoms with Gasteiger partial charge in [-0.05, 0) is 35.9 Å². The molecule has 2 aromatic rings. The highest BCUT2D eigenvalue weighted by molar-refractivity contribution is 6.31. The van der Waals surface area contributed by atoms with E-state index in [1.165, 1.54) is 24.1 Å². The van der Waals surface area contributed by atoms with Gasteiger partial charge in [-0.2, -0.15) is 0 Å². The average Bonchev–Trinajstić information content (AvgIpc) is 2.94. The largest absolute Gasteiger partial charge is 0.503 e. The Bertz CT molecular complexity index is 986. The molecule has 0 aromatic heterocycles. The number of methoxy groups -OCH3 is 1. The van der Waals surface area contributed by atoms with Crippen LogP contribution in [-0.4, -0.2) is 23.9 Å². The van der Waals surface area contributed by atoms with Gasteiger partial charge in [0, 0.05) is 11.6 Å². The molecule has 146 valence electrons. The van der Waals surface area contributed by atoms with Crippen molar-refractivity contribution in [3.63, 3.8) is 0 Å². The molecule has 1 amide bonds. The first-order valence-corrected chi connectivity index (χ1v) is 9.04. The number of hydrogen-bond donors (Lipinski definition) is 1. The summed E-state index contributed by atoms with van der Waals surface area (Å²) >= 11 is 5.89. The summed E-state index contributed by atoms with van der Waals surface area (Å²) in [6, 6.07) is 9.77. The van der Waals surface area contributed by atoms with E-state index in [1.807, 2.05) is 0 Å². The van der Waals surface area contributed by atoms with Crippen molar-refractivity contribution in [2.45, 2.75) is 19.9 Å². The number of hydrogen-bond acceptors (Lipinski definition) is 4. The van der Waals surface area contributed by atoms with E-state index in [9.17, 15) is 19.1 Å². The Labute approximate surface area is 167 Å². The zero-order valence-corrected chi connectivity index (χ0v) is 16.3. The zero-order chi connectivity index (χ0) is 20.6. The second kappa shape index (κ2) is 7.64. The van der Waals surface area contributed by atoms with Gasteiger partial charge in [-0.1, -0.05) is 37.6 Å². The Morgan fingerprint density at radius 1 is 1.25 bits per heavy atom. The standard InChI is InChI=1S/C21H19ClFNO4/c1-11(2)19(25)17-18(12-5-4-6-14(9-12)28-3)24(21(27)20(17)26)13-7-8-16(23)15(22)10-13/h4-11,18,26H,1-3H3. The van der Waals surface area contributed by atoms with Gasteiger partial charge in [0.25, 0.3) is 5.91 Å². The number of amides is 1. The molecule has 1 heterocycles. The Morgan fingerprint density at radius 3 is 2.57 bits per heavy atom. The maximum atomic E-state index is 13.6. The SMILES string of the molecule is COc1cccc(C2C(C(=O)C(C)C)=C(O)C(=O)N2c2ccc(F)c(Cl)c2)c1. The summed E-state index contributed by atoms with van der Waals surface area (Å²) in [4.78, 5) is 26.9. The summed E-state index contributed by atoms with van der Waals surface area (Å²) in [6.07, 6.45) is 0. The summed E-state index contributed by atoms with van der Waals surface area (Å²) in [7, 11) is 1.50. The van der Waals surface area contributed by atoms with Crippen molar-refractivity contribution in [2.75, 3.05) is 12.0 Å². The highest BCUT2D eigenvalue weighted by Gasteiger charge is 2.45. The number of halogens is 2. The van der Waals surface area contributed by atoms with Crippen LogP contribution in [0.15, 0.2) is 53.8 Å². The van der Waals surface area contributed by atoms with Crippen molar-refractivity contribution in [2.24, 2.45) is 5.92 Å². The zero-order valence-electron chi connectivity index (χ0n) is 15.6. The number of rotatable bonds is 5. The van der Waals surface area contributed by atoms with Crippen molar-refractivity contribution < 1.29 is 23.8 Å². The van der Waals surface area contributed by atoms with E-state index in [0.29, 0.717) is 11.3 Å². The van der Waals surface area contributed by atoms with Gasteiger partial charge in [-0.25, -0.2) is 4.39 Å². The number of aliphatic hydroxyl groups excluding tert-OH is 1. The maximum absolute atomic E-state index is 13.6. The molecule has 0 radical (unpaired) electrons. The Balaban J connectivity index is 2.21. The first kappa shape index (κ1) is 19.9. The van der Waals surface area contributed by atoms with Crippen LogP contribution in [0.2, 0.25) is 5.02 Å². The molecule has 0 saturated heterocycles. The van der Waals surface area contributed by atoms with E-state index in [0.717, 1.165) is 6.07 Å². The Hall–Kier alpha value is -2.86. The van der Waals surface area contributed by atoms with Crippen LogP contribution in [-0.2, 0) is 9.59 Å². The van der Waals surface area contributed by atoms with Crippen LogP contribution in [0.4, 0.5) is 10.1 Å². The fourth-order valence-corrected chi connectivity index (χ4v) is 3.37. The molecule has 0 bridgehead atoms. The van der Waals surface area contributed by atoms with Gasteiger partial charge < -0.3 is 9.84 Å². The average molecular weight is 404 g/mol. The first-order valence-electron chi connectivity index (χ1n) is 8.66. The van der Waals surface area contributed by atoms with Crippen molar-refractivity contribution in [1.82, 2.24) is 0 Å². The van der Waals surface area contributed by atoms with E-state index in [-0.39, 0.29) is 22.1 Å². The summed E-state index contributed by atoms with van der Waals surface area (Å²) in [6.45, 7) is 3.38. The number of Topliss-reactive ketones (excluding diaryl/α,β-unsaturated/α-hetero) is 1. The van der Waals surface area contributed by atoms with E-state index in [4.69, 9.17) is 16.3 Å². The van der Waals surface area contributed by atoms with Gasteiger partial charge in [0.1, 0.15) is 11.6 Å². The van der Waals surface area contributed by atoms with Crippen LogP contribution in [0.25, 0.3) is 0 Å². The molecule has 0 spiro atoms. The van der Waals surface area contributed by atoms with Crippen molar-refractivity contribution in [1.29, 1.82) is 0 Å². The Morgan fingerprint density at radius 2 is 1.96 bits per heavy atom. The quantitative estimate of drug-likeness (QED) is 0.791. The van der Waals surface area contributed by atoms with E-state index in [1.54, 1.807) is 38.1 Å². The predicted octanol–water partition coefficient (Wildman–Crippen LogP) is 4.61. The molecule has 0 aliphatic carbocycles. The summed E-state index contributed by atoms with van der Waals surface area (Å²) in [5.74, 6) is -2.26. The lowest BCUT2D eigenvalue weighted by Gasteiger charge is -2.27. The number of ether oxygens (including phenoxy) is 1. The monoisotopic (exact) mass is 403 g/mol. The molecular formula is C21H19ClFNO4. The minimum atomic E-state index is -0.890. The molecule has 7 heteroatoms. The third-order valence-electron chi connectivity index (χ3n) is 4.59. The number of ketones is 1. The second-order valence-corrected chi connectivity index (χ2v) is 7.14. The van der Waals surface area contributed by atoms with Crippen LogP contribution in [0.3, 0.4) is 0 Å². The highest BCUT2D eigenvalue weighted by Crippen LogP contribution is 2.43. The van der Waals surface area contributed by atoms with E-state index >= 15 is 0 Å². The maximum Gasteiger partial charge on any atom is 0.294 e. The number of aliphatic hydroxyl groups is 1. The third kappa shape index (κ3) is 3.36. The van der Waals surface area contributed by atoms with Crippen molar-refractivity contribution >= 4 is 29.0 Å². The van der Waals surface area contributed by atoms with Crippen molar-refractivity contribution in [3.8, 4) is 5.75 Å². The number of nitrogens with zero attached hydrogens (tertiary/aromatic N) is 1. The smallest absolute Gasteiger partial charge is 0.294 e. The molecular weight excluding hydrogens is 385 g/mol. The van der Waals surface area contributed by atoms with Gasteiger partial charge >= 0.3 is 0 Å². The summed E-state index contributed by atoms with van der Waals surface area (Å²) in [5, 5.41) is 10.4. The minimum Gasteiger partial charge on any atom is -0.503 e. The van der Waals surface area contributed by atoms with Gasteiger partial charge in [0.15, 0.2) is 11.5 Å². The minimum absolute atomic E-state index is 0.00583. The predicted molar refractivity (Wildman–Crippen MR) is 104 cm³/mol. The fraction of sp³-hybridized carbons (Fsp3) is 0.238. The highest BCUT2D eigenvalue weighted by atomic mass is 35.5. The molecule has 0 saturated carbocycles. The first-order chi connectivity index (χ1) is 13.3. The topological polar surface area (TPSA) is 66.8 Å². The van der Waals surface area contributed by atoms with Crippen LogP contribution in [0, 0.1) is 11.7 Å². The van der Waals surface area contributed by atoms with Gasteiger partial charge in [0.2, 0.25) is 0 Å². The number of benzene rings is 2. The summed E-state index contributed by atoms with van der Waals surface area (Å²) < 4.78 is 18.9. The third-order valence-corrected chi connectivity index (χ3v) is 4.88. The number of anilines is 1. The molecule has 1 N–H and O–H groups in total. The molecule has 1 aliphatic heterocycles. The van der Waals surface area contributed by atoms with Crippen LogP contribution >= 0.6 is 11.6 Å². The van der Waals surface area contributed by atoms with Gasteiger partial charge in [-0.3, -0.25) is 14.5 Å². The lowest BCUT2D eigenvalue weighted by molar-refractivity contribution is -0.119. The molecule has 3 rings (SSSR count). The second-order valence-electron chi connectivity index (χ2n) is 6.73. The lowest BCUT2D eigenvalue weighted by atomic mass is 9.91. The molecule has 1 atom stereocenters. The van der Waals surface area contributed by atoms with E-state index < -0.39 is 29.4 Å². The van der Waals surface area contributed by atoms with Crippen LogP contribution < -0.4 is 9.64 Å². The molecule has 0 fully saturated rings. The van der Waals surface area contributed by atoms with Crippen LogP contribution in [0.1, 0.15) is 25.5 Å². The van der Waals surface area contributed by atoms with Gasteiger partial charge in [-0.15, -0.1) is 0 Å². The van der Waals surface area contributed by atoms with Crippen LogP contribution in [0.5, 0.6) is 5.75 Å². The molecule has 5 nitrogen and oxygen atoms in total. The van der Waals surface area contributed by atoms with E-state index in [2.05, 4.69) is 0 Å². The summed E-state index contributed by atoms with van der Waals surface area (Å²) in [5.41, 5.74) is 0.831. The lowest BCUT2D eigenvalue weighted by Crippen LogP contribution is -2.31. The van der Waals surface area contributed by atoms with Gasteiger partial charge in [0.05, 0.1) is 23.7 Å². The molecule has 1 aliphatic rings. The Kier molecular flexibility index (Phi) is 5.42. The fourth-order valence-electron chi connectivity index (χ4n) is 3.20. The normalized spacial score (nSPS) is 16.9. The molecule has 2 aromatic carbocycles.